The summed E-state index contributed by atoms with van der Waals surface area (Å²) < 4.78 is 40.6. The number of benzene rings is 2. The van der Waals surface area contributed by atoms with E-state index < -0.39 is 27.8 Å². The molecule has 1 amide bonds. The molecule has 1 N–H and O–H groups in total. The molecule has 0 saturated carbocycles. The van der Waals surface area contributed by atoms with Gasteiger partial charge in [0, 0.05) is 5.75 Å². The molecule has 7 nitrogen and oxygen atoms in total. The van der Waals surface area contributed by atoms with Crippen LogP contribution in [0.4, 0.5) is 15.2 Å². The van der Waals surface area contributed by atoms with Crippen LogP contribution in [-0.4, -0.2) is 36.8 Å². The predicted octanol–water partition coefficient (Wildman–Crippen LogP) is 4.15. The van der Waals surface area contributed by atoms with Gasteiger partial charge in [-0.3, -0.25) is 14.4 Å². The highest BCUT2D eigenvalue weighted by atomic mass is 32.2. The molecule has 3 aromatic rings. The fourth-order valence-electron chi connectivity index (χ4n) is 2.89. The lowest BCUT2D eigenvalue weighted by Crippen LogP contribution is -2.47. The lowest BCUT2D eigenvalue weighted by molar-refractivity contribution is -0.117. The highest BCUT2D eigenvalue weighted by Crippen LogP contribution is 2.30. The summed E-state index contributed by atoms with van der Waals surface area (Å²) in [5.41, 5.74) is 0.955. The van der Waals surface area contributed by atoms with Crippen LogP contribution in [0, 0.1) is 5.82 Å². The number of nitrogens with zero attached hydrogens (tertiary/aromatic N) is 3. The molecular formula is C20H21FN4O3S3. The summed E-state index contributed by atoms with van der Waals surface area (Å²) in [7, 11) is -3.93. The van der Waals surface area contributed by atoms with Crippen LogP contribution in [0.15, 0.2) is 58.9 Å². The fraction of sp³-hybridized carbons (Fsp3) is 0.250. The van der Waals surface area contributed by atoms with E-state index in [1.54, 1.807) is 6.92 Å². The summed E-state index contributed by atoms with van der Waals surface area (Å²) in [6.45, 7) is 1.66. The van der Waals surface area contributed by atoms with Crippen molar-refractivity contribution in [2.24, 2.45) is 0 Å². The molecule has 2 aromatic carbocycles. The molecular weight excluding hydrogens is 459 g/mol. The van der Waals surface area contributed by atoms with Gasteiger partial charge >= 0.3 is 0 Å². The minimum atomic E-state index is -3.93. The quantitative estimate of drug-likeness (QED) is 0.365. The van der Waals surface area contributed by atoms with E-state index in [0.29, 0.717) is 10.1 Å². The normalized spacial score (nSPS) is 12.4. The van der Waals surface area contributed by atoms with Gasteiger partial charge in [0.1, 0.15) is 11.9 Å². The molecule has 0 aliphatic carbocycles. The molecule has 31 heavy (non-hydrogen) atoms. The molecule has 0 fully saturated rings. The van der Waals surface area contributed by atoms with E-state index in [1.807, 2.05) is 30.3 Å². The maximum Gasteiger partial charge on any atom is 0.250 e. The first kappa shape index (κ1) is 23.2. The van der Waals surface area contributed by atoms with Gasteiger partial charge in [-0.25, -0.2) is 12.8 Å². The van der Waals surface area contributed by atoms with Crippen LogP contribution in [0.2, 0.25) is 0 Å². The Morgan fingerprint density at radius 3 is 2.48 bits per heavy atom. The number of hydrogen-bond donors (Lipinski definition) is 1. The minimum absolute atomic E-state index is 0.141. The Hall–Kier alpha value is -2.50. The molecule has 1 atom stereocenters. The number of rotatable bonds is 9. The summed E-state index contributed by atoms with van der Waals surface area (Å²) >= 11 is 2.68. The zero-order valence-corrected chi connectivity index (χ0v) is 19.3. The van der Waals surface area contributed by atoms with Gasteiger partial charge in [-0.1, -0.05) is 72.5 Å². The Labute approximate surface area is 188 Å². The highest BCUT2D eigenvalue weighted by Gasteiger charge is 2.33. The van der Waals surface area contributed by atoms with E-state index in [4.69, 9.17) is 0 Å². The smallest absolute Gasteiger partial charge is 0.250 e. The van der Waals surface area contributed by atoms with E-state index >= 15 is 0 Å². The molecule has 3 rings (SSSR count). The third kappa shape index (κ3) is 6.02. The maximum atomic E-state index is 14.3. The average molecular weight is 481 g/mol. The van der Waals surface area contributed by atoms with Gasteiger partial charge in [-0.05, 0) is 24.1 Å². The third-order valence-electron chi connectivity index (χ3n) is 4.26. The highest BCUT2D eigenvalue weighted by molar-refractivity contribution is 8.00. The van der Waals surface area contributed by atoms with Gasteiger partial charge < -0.3 is 0 Å². The SMILES string of the molecule is CC[C@@H](C(=O)Nc1nnc(SCc2ccccc2)s1)N(c1ccccc1F)S(C)(=O)=O. The fourth-order valence-corrected chi connectivity index (χ4v) is 5.82. The van der Waals surface area contributed by atoms with Gasteiger partial charge in [0.25, 0.3) is 0 Å². The number of carbonyl (C=O) groups is 1. The summed E-state index contributed by atoms with van der Waals surface area (Å²) in [6, 6.07) is 14.2. The molecule has 0 bridgehead atoms. The zero-order valence-electron chi connectivity index (χ0n) is 16.9. The molecule has 0 aliphatic heterocycles. The van der Waals surface area contributed by atoms with Crippen LogP contribution in [0.5, 0.6) is 0 Å². The molecule has 0 radical (unpaired) electrons. The van der Waals surface area contributed by atoms with Crippen LogP contribution >= 0.6 is 23.1 Å². The van der Waals surface area contributed by atoms with Crippen molar-refractivity contribution < 1.29 is 17.6 Å². The molecule has 0 unspecified atom stereocenters. The largest absolute Gasteiger partial charge is 0.299 e. The van der Waals surface area contributed by atoms with Gasteiger partial charge in [0.05, 0.1) is 11.9 Å². The summed E-state index contributed by atoms with van der Waals surface area (Å²) in [5, 5.41) is 10.9. The molecule has 164 valence electrons. The lowest BCUT2D eigenvalue weighted by atomic mass is 10.2. The van der Waals surface area contributed by atoms with Crippen molar-refractivity contribution in [2.75, 3.05) is 15.9 Å². The van der Waals surface area contributed by atoms with Crippen molar-refractivity contribution in [1.29, 1.82) is 0 Å². The molecule has 0 saturated heterocycles. The first-order valence-electron chi connectivity index (χ1n) is 9.34. The Morgan fingerprint density at radius 2 is 1.84 bits per heavy atom. The first-order valence-corrected chi connectivity index (χ1v) is 13.0. The van der Waals surface area contributed by atoms with Crippen molar-refractivity contribution in [1.82, 2.24) is 10.2 Å². The molecule has 1 heterocycles. The number of aromatic nitrogens is 2. The number of amides is 1. The second kappa shape index (κ2) is 10.2. The predicted molar refractivity (Wildman–Crippen MR) is 122 cm³/mol. The van der Waals surface area contributed by atoms with Gasteiger partial charge in [0.2, 0.25) is 21.1 Å². The molecule has 11 heteroatoms. The number of sulfonamides is 1. The van der Waals surface area contributed by atoms with Gasteiger partial charge in [0.15, 0.2) is 4.34 Å². The molecule has 0 aliphatic rings. The van der Waals surface area contributed by atoms with Crippen molar-refractivity contribution in [3.8, 4) is 0 Å². The number of hydrogen-bond acceptors (Lipinski definition) is 7. The summed E-state index contributed by atoms with van der Waals surface area (Å²) in [4.78, 5) is 12.9. The number of para-hydroxylation sites is 1. The second-order valence-electron chi connectivity index (χ2n) is 6.57. The first-order chi connectivity index (χ1) is 14.8. The number of halogens is 1. The van der Waals surface area contributed by atoms with Gasteiger partial charge in [-0.15, -0.1) is 10.2 Å². The van der Waals surface area contributed by atoms with Crippen LogP contribution in [0.25, 0.3) is 0 Å². The van der Waals surface area contributed by atoms with Crippen LogP contribution in [-0.2, 0) is 20.6 Å². The Bertz CT molecular complexity index is 1140. The summed E-state index contributed by atoms with van der Waals surface area (Å²) in [5.74, 6) is -0.627. The van der Waals surface area contributed by atoms with Crippen LogP contribution in [0.3, 0.4) is 0 Å². The van der Waals surface area contributed by atoms with E-state index in [1.165, 1.54) is 41.3 Å². The lowest BCUT2D eigenvalue weighted by Gasteiger charge is -2.29. The number of carbonyl (C=O) groups excluding carboxylic acids is 1. The third-order valence-corrected chi connectivity index (χ3v) is 7.47. The van der Waals surface area contributed by atoms with Crippen molar-refractivity contribution in [3.05, 3.63) is 66.0 Å². The Morgan fingerprint density at radius 1 is 1.16 bits per heavy atom. The zero-order chi connectivity index (χ0) is 22.4. The van der Waals surface area contributed by atoms with E-state index in [0.717, 1.165) is 22.2 Å². The topological polar surface area (TPSA) is 92.3 Å². The maximum absolute atomic E-state index is 14.3. The molecule has 1 aromatic heterocycles. The second-order valence-corrected chi connectivity index (χ2v) is 10.6. The van der Waals surface area contributed by atoms with E-state index in [2.05, 4.69) is 15.5 Å². The van der Waals surface area contributed by atoms with E-state index in [-0.39, 0.29) is 17.2 Å². The monoisotopic (exact) mass is 480 g/mol. The van der Waals surface area contributed by atoms with Crippen molar-refractivity contribution in [3.63, 3.8) is 0 Å². The number of nitrogens with one attached hydrogen (secondary N) is 1. The Kier molecular flexibility index (Phi) is 7.63. The number of anilines is 2. The van der Waals surface area contributed by atoms with Crippen molar-refractivity contribution >= 4 is 49.8 Å². The standard InChI is InChI=1S/C20H21FN4O3S3/c1-3-16(25(31(2,27)28)17-12-8-7-11-15(17)21)18(26)22-19-23-24-20(30-19)29-13-14-9-5-4-6-10-14/h4-12,16H,3,13H2,1-2H3,(H,22,23,26)/t16-/m0/s1. The van der Waals surface area contributed by atoms with Crippen LogP contribution in [0.1, 0.15) is 18.9 Å². The molecule has 0 spiro atoms. The van der Waals surface area contributed by atoms with Crippen molar-refractivity contribution in [2.45, 2.75) is 29.5 Å². The average Bonchev–Trinajstić information content (AvgIpc) is 3.18. The Balaban J connectivity index is 1.74. The number of thioether (sulfide) groups is 1. The summed E-state index contributed by atoms with van der Waals surface area (Å²) in [6.07, 6.45) is 1.08. The minimum Gasteiger partial charge on any atom is -0.299 e. The van der Waals surface area contributed by atoms with E-state index in [9.17, 15) is 17.6 Å². The van der Waals surface area contributed by atoms with Gasteiger partial charge in [-0.2, -0.15) is 0 Å². The van der Waals surface area contributed by atoms with Crippen LogP contribution < -0.4 is 9.62 Å².